The van der Waals surface area contributed by atoms with E-state index in [1.165, 1.54) is 0 Å². The second-order valence-electron chi connectivity index (χ2n) is 4.83. The monoisotopic (exact) mass is 264 g/mol. The molecule has 0 spiro atoms. The third-order valence-corrected chi connectivity index (χ3v) is 3.34. The van der Waals surface area contributed by atoms with Crippen molar-refractivity contribution in [3.8, 4) is 0 Å². The molecule has 1 aliphatic rings. The Morgan fingerprint density at radius 1 is 1.42 bits per heavy atom. The van der Waals surface area contributed by atoms with Crippen LogP contribution in [0, 0.1) is 5.92 Å². The molecule has 0 aromatic heterocycles. The number of likely N-dealkylation sites (tertiary alicyclic amines) is 1. The summed E-state index contributed by atoms with van der Waals surface area (Å²) in [5, 5.41) is 12.9. The summed E-state index contributed by atoms with van der Waals surface area (Å²) >= 11 is 0. The summed E-state index contributed by atoms with van der Waals surface area (Å²) in [6, 6.07) is 9.56. The minimum Gasteiger partial charge on any atom is -0.445 e. The molecule has 5 heteroatoms. The van der Waals surface area contributed by atoms with Gasteiger partial charge in [-0.05, 0) is 12.6 Å². The number of hydrogen-bond donors (Lipinski definition) is 2. The zero-order valence-electron chi connectivity index (χ0n) is 11.1. The molecule has 1 amide bonds. The Hall–Kier alpha value is -1.59. The zero-order chi connectivity index (χ0) is 13.7. The largest absolute Gasteiger partial charge is 0.445 e. The third-order valence-electron chi connectivity index (χ3n) is 3.34. The Bertz CT molecular complexity index is 410. The number of rotatable bonds is 4. The minimum atomic E-state index is -0.475. The van der Waals surface area contributed by atoms with Crippen LogP contribution in [0.15, 0.2) is 30.3 Å². The fraction of sp³-hybridized carbons (Fsp3) is 0.500. The Morgan fingerprint density at radius 2 is 2.16 bits per heavy atom. The van der Waals surface area contributed by atoms with E-state index < -0.39 is 6.10 Å². The predicted molar refractivity (Wildman–Crippen MR) is 71.6 cm³/mol. The lowest BCUT2D eigenvalue weighted by molar-refractivity contribution is 0.0967. The maximum Gasteiger partial charge on any atom is 0.410 e. The first-order valence-electron chi connectivity index (χ1n) is 6.49. The van der Waals surface area contributed by atoms with Crippen LogP contribution in [-0.2, 0) is 11.3 Å². The van der Waals surface area contributed by atoms with Crippen molar-refractivity contribution in [2.45, 2.75) is 12.7 Å². The van der Waals surface area contributed by atoms with Gasteiger partial charge < -0.3 is 20.1 Å². The number of ether oxygens (including phenoxy) is 1. The summed E-state index contributed by atoms with van der Waals surface area (Å²) in [6.07, 6.45) is -0.835. The topological polar surface area (TPSA) is 61.8 Å². The molecule has 2 atom stereocenters. The number of nitrogens with one attached hydrogen (secondary N) is 1. The van der Waals surface area contributed by atoms with Crippen LogP contribution in [0.1, 0.15) is 5.56 Å². The molecule has 1 saturated heterocycles. The fourth-order valence-corrected chi connectivity index (χ4v) is 2.28. The number of aliphatic hydroxyl groups is 1. The van der Waals surface area contributed by atoms with E-state index in [0.29, 0.717) is 19.6 Å². The number of β-amino-alcohol motifs (C(OH)–C–C–N with tert-alkyl or cyclic N) is 1. The van der Waals surface area contributed by atoms with Crippen LogP contribution in [0.3, 0.4) is 0 Å². The Balaban J connectivity index is 1.81. The molecule has 1 aliphatic heterocycles. The highest BCUT2D eigenvalue weighted by atomic mass is 16.6. The molecule has 5 nitrogen and oxygen atoms in total. The molecule has 104 valence electrons. The van der Waals surface area contributed by atoms with Gasteiger partial charge in [0.1, 0.15) is 6.61 Å². The molecule has 19 heavy (non-hydrogen) atoms. The van der Waals surface area contributed by atoms with Gasteiger partial charge in [0.05, 0.1) is 12.6 Å². The van der Waals surface area contributed by atoms with Gasteiger partial charge >= 0.3 is 6.09 Å². The first-order chi connectivity index (χ1) is 9.20. The number of carbonyl (C=O) groups is 1. The number of benzene rings is 1. The van der Waals surface area contributed by atoms with Gasteiger partial charge in [0.2, 0.25) is 0 Å². The molecule has 0 aliphatic carbocycles. The lowest BCUT2D eigenvalue weighted by Crippen LogP contribution is -2.30. The van der Waals surface area contributed by atoms with Crippen molar-refractivity contribution in [1.29, 1.82) is 0 Å². The normalized spacial score (nSPS) is 22.5. The molecule has 0 saturated carbocycles. The predicted octanol–water partition coefficient (Wildman–Crippen LogP) is 0.835. The van der Waals surface area contributed by atoms with E-state index in [1.807, 2.05) is 37.4 Å². The average molecular weight is 264 g/mol. The smallest absolute Gasteiger partial charge is 0.410 e. The summed E-state index contributed by atoms with van der Waals surface area (Å²) in [4.78, 5) is 13.5. The standard InChI is InChI=1S/C14H20N2O3/c1-15-7-12-8-16(9-13(12)17)14(18)19-10-11-5-3-2-4-6-11/h2-6,12-13,15,17H,7-10H2,1H3. The Labute approximate surface area is 113 Å². The van der Waals surface area contributed by atoms with Crippen LogP contribution in [0.25, 0.3) is 0 Å². The number of aliphatic hydroxyl groups excluding tert-OH is 1. The zero-order valence-corrected chi connectivity index (χ0v) is 11.1. The van der Waals surface area contributed by atoms with E-state index >= 15 is 0 Å². The van der Waals surface area contributed by atoms with E-state index in [2.05, 4.69) is 5.32 Å². The highest BCUT2D eigenvalue weighted by Gasteiger charge is 2.34. The number of nitrogens with zero attached hydrogens (tertiary/aromatic N) is 1. The van der Waals surface area contributed by atoms with Crippen LogP contribution in [0.4, 0.5) is 4.79 Å². The maximum atomic E-state index is 11.9. The van der Waals surface area contributed by atoms with Crippen LogP contribution in [0.5, 0.6) is 0 Å². The summed E-state index contributed by atoms with van der Waals surface area (Å²) in [5.74, 6) is 0.0780. The molecule has 1 heterocycles. The van der Waals surface area contributed by atoms with E-state index in [4.69, 9.17) is 4.74 Å². The number of hydrogen-bond acceptors (Lipinski definition) is 4. The maximum absolute atomic E-state index is 11.9. The van der Waals surface area contributed by atoms with Gasteiger partial charge in [-0.25, -0.2) is 4.79 Å². The van der Waals surface area contributed by atoms with Crippen LogP contribution in [0.2, 0.25) is 0 Å². The van der Waals surface area contributed by atoms with Crippen LogP contribution in [-0.4, -0.2) is 48.9 Å². The highest BCUT2D eigenvalue weighted by molar-refractivity contribution is 5.68. The van der Waals surface area contributed by atoms with Crippen LogP contribution < -0.4 is 5.32 Å². The molecule has 1 aromatic carbocycles. The van der Waals surface area contributed by atoms with Gasteiger partial charge in [-0.3, -0.25) is 0 Å². The van der Waals surface area contributed by atoms with Crippen molar-refractivity contribution in [2.24, 2.45) is 5.92 Å². The quantitative estimate of drug-likeness (QED) is 0.846. The Morgan fingerprint density at radius 3 is 2.84 bits per heavy atom. The summed E-state index contributed by atoms with van der Waals surface area (Å²) in [7, 11) is 1.84. The van der Waals surface area contributed by atoms with Crippen molar-refractivity contribution in [3.63, 3.8) is 0 Å². The molecule has 0 bridgehead atoms. The first-order valence-corrected chi connectivity index (χ1v) is 6.49. The van der Waals surface area contributed by atoms with Crippen molar-refractivity contribution in [3.05, 3.63) is 35.9 Å². The SMILES string of the molecule is CNCC1CN(C(=O)OCc2ccccc2)CC1O. The van der Waals surface area contributed by atoms with Crippen molar-refractivity contribution >= 4 is 6.09 Å². The molecule has 2 N–H and O–H groups in total. The Kier molecular flexibility index (Phi) is 4.76. The van der Waals surface area contributed by atoms with E-state index in [-0.39, 0.29) is 18.6 Å². The van der Waals surface area contributed by atoms with E-state index in [1.54, 1.807) is 4.90 Å². The number of carbonyl (C=O) groups excluding carboxylic acids is 1. The molecular formula is C14H20N2O3. The minimum absolute atomic E-state index is 0.0780. The van der Waals surface area contributed by atoms with Gasteiger partial charge in [0.25, 0.3) is 0 Å². The molecular weight excluding hydrogens is 244 g/mol. The van der Waals surface area contributed by atoms with Gasteiger partial charge in [-0.1, -0.05) is 30.3 Å². The van der Waals surface area contributed by atoms with Crippen molar-refractivity contribution in [2.75, 3.05) is 26.7 Å². The van der Waals surface area contributed by atoms with Gasteiger partial charge in [0, 0.05) is 19.0 Å². The van der Waals surface area contributed by atoms with Crippen molar-refractivity contribution < 1.29 is 14.6 Å². The van der Waals surface area contributed by atoms with Gasteiger partial charge in [-0.15, -0.1) is 0 Å². The molecule has 2 rings (SSSR count). The first kappa shape index (κ1) is 13.8. The number of amides is 1. The summed E-state index contributed by atoms with van der Waals surface area (Å²) in [6.45, 7) is 1.85. The van der Waals surface area contributed by atoms with Gasteiger partial charge in [0.15, 0.2) is 0 Å². The van der Waals surface area contributed by atoms with Crippen LogP contribution >= 0.6 is 0 Å². The molecule has 1 aromatic rings. The fourth-order valence-electron chi connectivity index (χ4n) is 2.28. The molecule has 1 fully saturated rings. The second kappa shape index (κ2) is 6.54. The highest BCUT2D eigenvalue weighted by Crippen LogP contribution is 2.17. The molecule has 2 unspecified atom stereocenters. The second-order valence-corrected chi connectivity index (χ2v) is 4.83. The van der Waals surface area contributed by atoms with E-state index in [9.17, 15) is 9.90 Å². The summed E-state index contributed by atoms with van der Waals surface area (Å²) in [5.41, 5.74) is 0.961. The lowest BCUT2D eigenvalue weighted by atomic mass is 10.1. The third kappa shape index (κ3) is 3.68. The van der Waals surface area contributed by atoms with Gasteiger partial charge in [-0.2, -0.15) is 0 Å². The summed E-state index contributed by atoms with van der Waals surface area (Å²) < 4.78 is 5.24. The van der Waals surface area contributed by atoms with E-state index in [0.717, 1.165) is 5.56 Å². The molecule has 0 radical (unpaired) electrons. The van der Waals surface area contributed by atoms with Crippen molar-refractivity contribution in [1.82, 2.24) is 10.2 Å². The average Bonchev–Trinajstić information content (AvgIpc) is 2.79. The lowest BCUT2D eigenvalue weighted by Gasteiger charge is -2.16.